The monoisotopic (exact) mass is 148 g/mol. The molecule has 0 aromatic heterocycles. The van der Waals surface area contributed by atoms with Gasteiger partial charge in [0.15, 0.2) is 0 Å². The van der Waals surface area contributed by atoms with Crippen molar-refractivity contribution in [2.45, 2.75) is 26.7 Å². The molecular formula is C10H14N. The third kappa shape index (κ3) is 1.53. The molecule has 0 aliphatic rings. The quantitative estimate of drug-likeness (QED) is 0.584. The average Bonchev–Trinajstić information content (AvgIpc) is 1.94. The van der Waals surface area contributed by atoms with Crippen LogP contribution in [0.5, 0.6) is 0 Å². The van der Waals surface area contributed by atoms with Gasteiger partial charge in [-0.2, -0.15) is 0 Å². The molecule has 0 saturated heterocycles. The molecule has 1 N–H and O–H groups in total. The lowest BCUT2D eigenvalue weighted by atomic mass is 9.99. The Bertz CT molecular complexity index is 251. The van der Waals surface area contributed by atoms with E-state index in [0.29, 0.717) is 11.6 Å². The van der Waals surface area contributed by atoms with Crippen molar-refractivity contribution >= 4 is 5.69 Å². The van der Waals surface area contributed by atoms with Crippen molar-refractivity contribution in [2.24, 2.45) is 0 Å². The van der Waals surface area contributed by atoms with Crippen molar-refractivity contribution in [1.82, 2.24) is 5.73 Å². The van der Waals surface area contributed by atoms with E-state index in [1.807, 2.05) is 25.1 Å². The minimum Gasteiger partial charge on any atom is -0.300 e. The van der Waals surface area contributed by atoms with Crippen LogP contribution in [0.1, 0.15) is 30.9 Å². The molecule has 0 bridgehead atoms. The third-order valence-corrected chi connectivity index (χ3v) is 1.93. The number of hydrogen-bond donors (Lipinski definition) is 0. The number of nitrogens with one attached hydrogen (secondary N) is 1. The van der Waals surface area contributed by atoms with Gasteiger partial charge >= 0.3 is 0 Å². The lowest BCUT2D eigenvalue weighted by Crippen LogP contribution is -1.91. The van der Waals surface area contributed by atoms with E-state index in [-0.39, 0.29) is 0 Å². The molecule has 0 aliphatic heterocycles. The molecule has 1 aromatic rings. The summed E-state index contributed by atoms with van der Waals surface area (Å²) in [5.74, 6) is 0.461. The zero-order valence-electron chi connectivity index (χ0n) is 7.31. The van der Waals surface area contributed by atoms with Crippen molar-refractivity contribution in [3.63, 3.8) is 0 Å². The van der Waals surface area contributed by atoms with Crippen LogP contribution >= 0.6 is 0 Å². The lowest BCUT2D eigenvalue weighted by molar-refractivity contribution is 0.863. The Labute approximate surface area is 68.2 Å². The molecule has 1 radical (unpaired) electrons. The molecule has 0 unspecified atom stereocenters. The molecule has 0 spiro atoms. The van der Waals surface area contributed by atoms with Gasteiger partial charge in [0.05, 0.1) is 5.69 Å². The van der Waals surface area contributed by atoms with Gasteiger partial charge in [0, 0.05) is 0 Å². The second-order valence-corrected chi connectivity index (χ2v) is 3.19. The minimum atomic E-state index is 0.461. The largest absolute Gasteiger partial charge is 0.300 e. The maximum atomic E-state index is 7.73. The van der Waals surface area contributed by atoms with Crippen LogP contribution in [0.25, 0.3) is 0 Å². The van der Waals surface area contributed by atoms with Crippen LogP contribution in [0.15, 0.2) is 18.2 Å². The summed E-state index contributed by atoms with van der Waals surface area (Å²) in [4.78, 5) is 0. The Balaban J connectivity index is 3.17. The van der Waals surface area contributed by atoms with E-state index in [4.69, 9.17) is 5.73 Å². The number of rotatable bonds is 1. The van der Waals surface area contributed by atoms with Crippen molar-refractivity contribution < 1.29 is 0 Å². The Kier molecular flexibility index (Phi) is 2.18. The van der Waals surface area contributed by atoms with E-state index in [1.54, 1.807) is 0 Å². The first kappa shape index (κ1) is 8.12. The number of benzene rings is 1. The van der Waals surface area contributed by atoms with Crippen LogP contribution in [0.4, 0.5) is 5.69 Å². The normalized spacial score (nSPS) is 10.5. The summed E-state index contributed by atoms with van der Waals surface area (Å²) in [5.41, 5.74) is 10.6. The number of hydrogen-bond acceptors (Lipinski definition) is 0. The summed E-state index contributed by atoms with van der Waals surface area (Å²) < 4.78 is 0. The SMILES string of the molecule is Cc1cccc(C(C)C)c1[NH]. The summed E-state index contributed by atoms with van der Waals surface area (Å²) in [7, 11) is 0. The molecule has 1 rings (SSSR count). The molecule has 1 heteroatoms. The minimum absolute atomic E-state index is 0.461. The fourth-order valence-electron chi connectivity index (χ4n) is 1.17. The van der Waals surface area contributed by atoms with Gasteiger partial charge in [-0.05, 0) is 24.0 Å². The van der Waals surface area contributed by atoms with Crippen LogP contribution in [-0.2, 0) is 0 Å². The summed E-state index contributed by atoms with van der Waals surface area (Å²) in [6, 6.07) is 6.02. The Morgan fingerprint density at radius 1 is 1.27 bits per heavy atom. The van der Waals surface area contributed by atoms with Gasteiger partial charge in [-0.1, -0.05) is 32.0 Å². The lowest BCUT2D eigenvalue weighted by Gasteiger charge is -2.09. The van der Waals surface area contributed by atoms with Gasteiger partial charge in [0.1, 0.15) is 0 Å². The molecular weight excluding hydrogens is 134 g/mol. The summed E-state index contributed by atoms with van der Waals surface area (Å²) in [5, 5.41) is 0. The molecule has 0 fully saturated rings. The summed E-state index contributed by atoms with van der Waals surface area (Å²) in [6.45, 7) is 6.22. The van der Waals surface area contributed by atoms with Gasteiger partial charge < -0.3 is 5.73 Å². The van der Waals surface area contributed by atoms with Crippen LogP contribution in [0.3, 0.4) is 0 Å². The molecule has 1 aromatic carbocycles. The van der Waals surface area contributed by atoms with Crippen molar-refractivity contribution in [3.8, 4) is 0 Å². The van der Waals surface area contributed by atoms with E-state index in [1.165, 1.54) is 0 Å². The second kappa shape index (κ2) is 2.95. The topological polar surface area (TPSA) is 23.8 Å². The first-order valence-electron chi connectivity index (χ1n) is 3.94. The van der Waals surface area contributed by atoms with Crippen LogP contribution in [0.2, 0.25) is 0 Å². The highest BCUT2D eigenvalue weighted by Crippen LogP contribution is 2.25. The van der Waals surface area contributed by atoms with Crippen molar-refractivity contribution in [2.75, 3.05) is 0 Å². The molecule has 11 heavy (non-hydrogen) atoms. The van der Waals surface area contributed by atoms with Gasteiger partial charge in [-0.3, -0.25) is 0 Å². The molecule has 59 valence electrons. The highest BCUT2D eigenvalue weighted by molar-refractivity contribution is 5.51. The highest BCUT2D eigenvalue weighted by atomic mass is 14.6. The van der Waals surface area contributed by atoms with E-state index < -0.39 is 0 Å². The van der Waals surface area contributed by atoms with E-state index in [0.717, 1.165) is 11.1 Å². The van der Waals surface area contributed by atoms with Gasteiger partial charge in [-0.25, -0.2) is 0 Å². The molecule has 1 nitrogen and oxygen atoms in total. The van der Waals surface area contributed by atoms with E-state index in [2.05, 4.69) is 13.8 Å². The average molecular weight is 148 g/mol. The van der Waals surface area contributed by atoms with Crippen LogP contribution in [-0.4, -0.2) is 0 Å². The Morgan fingerprint density at radius 2 is 1.91 bits per heavy atom. The van der Waals surface area contributed by atoms with Crippen molar-refractivity contribution in [3.05, 3.63) is 29.3 Å². The fourth-order valence-corrected chi connectivity index (χ4v) is 1.17. The van der Waals surface area contributed by atoms with Gasteiger partial charge in [0.25, 0.3) is 0 Å². The van der Waals surface area contributed by atoms with Crippen LogP contribution < -0.4 is 5.73 Å². The fraction of sp³-hybridized carbons (Fsp3) is 0.400. The van der Waals surface area contributed by atoms with E-state index in [9.17, 15) is 0 Å². The summed E-state index contributed by atoms with van der Waals surface area (Å²) >= 11 is 0. The first-order chi connectivity index (χ1) is 5.13. The maximum Gasteiger partial charge on any atom is 0.0603 e. The van der Waals surface area contributed by atoms with Crippen LogP contribution in [0, 0.1) is 6.92 Å². The molecule has 0 saturated carbocycles. The first-order valence-corrected chi connectivity index (χ1v) is 3.94. The molecule has 0 amide bonds. The second-order valence-electron chi connectivity index (χ2n) is 3.19. The van der Waals surface area contributed by atoms with E-state index >= 15 is 0 Å². The Hall–Kier alpha value is -0.980. The molecule has 0 heterocycles. The Morgan fingerprint density at radius 3 is 2.36 bits per heavy atom. The predicted molar refractivity (Wildman–Crippen MR) is 48.0 cm³/mol. The zero-order valence-corrected chi connectivity index (χ0v) is 7.31. The zero-order chi connectivity index (χ0) is 8.43. The molecule has 0 aliphatic carbocycles. The summed E-state index contributed by atoms with van der Waals surface area (Å²) in [6.07, 6.45) is 0. The standard InChI is InChI=1S/C10H14N/c1-7(2)9-6-4-5-8(3)10(9)11/h4-7,11H,1-3H3. The van der Waals surface area contributed by atoms with Gasteiger partial charge in [-0.15, -0.1) is 0 Å². The van der Waals surface area contributed by atoms with Gasteiger partial charge in [0.2, 0.25) is 0 Å². The predicted octanol–water partition coefficient (Wildman–Crippen LogP) is 3.03. The molecule has 0 atom stereocenters. The smallest absolute Gasteiger partial charge is 0.0603 e. The maximum absolute atomic E-state index is 7.73. The number of aryl methyl sites for hydroxylation is 1. The highest BCUT2D eigenvalue weighted by Gasteiger charge is 2.04. The third-order valence-electron chi connectivity index (χ3n) is 1.93. The van der Waals surface area contributed by atoms with Crippen molar-refractivity contribution in [1.29, 1.82) is 0 Å².